The average Bonchev–Trinajstić information content (AvgIpc) is 2.82. The number of aryl methyl sites for hydroxylation is 1. The molecule has 1 saturated carbocycles. The highest BCUT2D eigenvalue weighted by Crippen LogP contribution is 2.33. The van der Waals surface area contributed by atoms with Gasteiger partial charge < -0.3 is 5.32 Å². The number of rotatable bonds is 4. The summed E-state index contributed by atoms with van der Waals surface area (Å²) in [5, 5.41) is 8.17. The number of nitrogens with one attached hydrogen (secondary N) is 1. The zero-order chi connectivity index (χ0) is 10.7. The first-order chi connectivity index (χ1) is 7.31. The monoisotopic (exact) mass is 207 g/mol. The topological polar surface area (TPSA) is 29.9 Å². The molecule has 1 aliphatic carbocycles. The van der Waals surface area contributed by atoms with E-state index in [0.717, 1.165) is 6.54 Å². The van der Waals surface area contributed by atoms with Crippen LogP contribution >= 0.6 is 0 Å². The van der Waals surface area contributed by atoms with E-state index >= 15 is 0 Å². The first-order valence-electron chi connectivity index (χ1n) is 6.04. The Morgan fingerprint density at radius 3 is 3.07 bits per heavy atom. The smallest absolute Gasteiger partial charge is 0.0670 e. The highest BCUT2D eigenvalue weighted by molar-refractivity contribution is 5.12. The first-order valence-corrected chi connectivity index (χ1v) is 6.04. The van der Waals surface area contributed by atoms with Crippen LogP contribution in [-0.2, 0) is 7.05 Å². The average molecular weight is 207 g/mol. The van der Waals surface area contributed by atoms with Crippen LogP contribution in [0.15, 0.2) is 12.3 Å². The van der Waals surface area contributed by atoms with Crippen LogP contribution in [0.2, 0.25) is 0 Å². The number of aromatic nitrogens is 2. The van der Waals surface area contributed by atoms with Gasteiger partial charge in [0.05, 0.1) is 5.69 Å². The molecule has 0 bridgehead atoms. The van der Waals surface area contributed by atoms with Crippen molar-refractivity contribution in [2.24, 2.45) is 7.05 Å². The van der Waals surface area contributed by atoms with Gasteiger partial charge in [-0.25, -0.2) is 0 Å². The Bertz CT molecular complexity index is 306. The summed E-state index contributed by atoms with van der Waals surface area (Å²) in [6.07, 6.45) is 7.19. The van der Waals surface area contributed by atoms with E-state index in [0.29, 0.717) is 12.0 Å². The maximum atomic E-state index is 4.53. The Labute approximate surface area is 91.9 Å². The molecule has 3 heteroatoms. The normalized spacial score (nSPS) is 26.0. The molecule has 2 unspecified atom stereocenters. The van der Waals surface area contributed by atoms with E-state index < -0.39 is 0 Å². The van der Waals surface area contributed by atoms with E-state index in [9.17, 15) is 0 Å². The number of hydrogen-bond acceptors (Lipinski definition) is 2. The van der Waals surface area contributed by atoms with Gasteiger partial charge in [-0.3, -0.25) is 4.68 Å². The lowest BCUT2D eigenvalue weighted by molar-refractivity contribution is 0.469. The third kappa shape index (κ3) is 2.40. The molecular formula is C12H21N3. The fourth-order valence-electron chi connectivity index (χ4n) is 2.52. The quantitative estimate of drug-likeness (QED) is 0.819. The fraction of sp³-hybridized carbons (Fsp3) is 0.750. The van der Waals surface area contributed by atoms with E-state index in [1.54, 1.807) is 0 Å². The lowest BCUT2D eigenvalue weighted by atomic mass is 10.00. The third-order valence-corrected chi connectivity index (χ3v) is 3.29. The van der Waals surface area contributed by atoms with Gasteiger partial charge in [-0.1, -0.05) is 13.3 Å². The van der Waals surface area contributed by atoms with Crippen molar-refractivity contribution in [2.75, 3.05) is 6.54 Å². The van der Waals surface area contributed by atoms with Crippen LogP contribution in [-0.4, -0.2) is 22.4 Å². The highest BCUT2D eigenvalue weighted by atomic mass is 15.2. The molecule has 1 aliphatic rings. The van der Waals surface area contributed by atoms with Crippen LogP contribution in [0.4, 0.5) is 0 Å². The van der Waals surface area contributed by atoms with Gasteiger partial charge >= 0.3 is 0 Å². The van der Waals surface area contributed by atoms with Gasteiger partial charge in [0.25, 0.3) is 0 Å². The van der Waals surface area contributed by atoms with Crippen LogP contribution < -0.4 is 5.32 Å². The molecule has 0 aromatic carbocycles. The molecule has 2 atom stereocenters. The van der Waals surface area contributed by atoms with Crippen molar-refractivity contribution in [2.45, 2.75) is 44.6 Å². The SMILES string of the molecule is CCCNC1CCCC1c1ccn(C)n1. The van der Waals surface area contributed by atoms with Gasteiger partial charge in [-0.05, 0) is 31.9 Å². The Kier molecular flexibility index (Phi) is 3.41. The Hall–Kier alpha value is -0.830. The lowest BCUT2D eigenvalue weighted by Gasteiger charge is -2.18. The largest absolute Gasteiger partial charge is 0.313 e. The van der Waals surface area contributed by atoms with E-state index in [1.165, 1.54) is 31.4 Å². The van der Waals surface area contributed by atoms with Gasteiger partial charge in [0.2, 0.25) is 0 Å². The molecule has 84 valence electrons. The van der Waals surface area contributed by atoms with Gasteiger partial charge in [-0.2, -0.15) is 5.10 Å². The Balaban J connectivity index is 2.01. The molecule has 1 fully saturated rings. The summed E-state index contributed by atoms with van der Waals surface area (Å²) in [7, 11) is 1.99. The molecule has 0 amide bonds. The van der Waals surface area contributed by atoms with E-state index in [2.05, 4.69) is 23.4 Å². The van der Waals surface area contributed by atoms with Crippen molar-refractivity contribution in [1.29, 1.82) is 0 Å². The zero-order valence-corrected chi connectivity index (χ0v) is 9.74. The van der Waals surface area contributed by atoms with Gasteiger partial charge in [0.15, 0.2) is 0 Å². The fourth-order valence-corrected chi connectivity index (χ4v) is 2.52. The van der Waals surface area contributed by atoms with E-state index in [-0.39, 0.29) is 0 Å². The molecule has 0 aliphatic heterocycles. The molecule has 0 spiro atoms. The zero-order valence-electron chi connectivity index (χ0n) is 9.74. The van der Waals surface area contributed by atoms with Crippen LogP contribution in [0.25, 0.3) is 0 Å². The summed E-state index contributed by atoms with van der Waals surface area (Å²) in [5.41, 5.74) is 1.27. The minimum absolute atomic E-state index is 0.637. The van der Waals surface area contributed by atoms with Crippen LogP contribution in [0.5, 0.6) is 0 Å². The predicted octanol–water partition coefficient (Wildman–Crippen LogP) is 2.06. The molecule has 15 heavy (non-hydrogen) atoms. The summed E-state index contributed by atoms with van der Waals surface area (Å²) >= 11 is 0. The number of nitrogens with zero attached hydrogens (tertiary/aromatic N) is 2. The predicted molar refractivity (Wildman–Crippen MR) is 61.9 cm³/mol. The molecule has 1 heterocycles. The summed E-state index contributed by atoms with van der Waals surface area (Å²) in [4.78, 5) is 0. The second-order valence-corrected chi connectivity index (χ2v) is 4.51. The van der Waals surface area contributed by atoms with Crippen LogP contribution in [0.1, 0.15) is 44.2 Å². The first kappa shape index (κ1) is 10.7. The Morgan fingerprint density at radius 2 is 2.40 bits per heavy atom. The summed E-state index contributed by atoms with van der Waals surface area (Å²) in [6, 6.07) is 2.82. The summed E-state index contributed by atoms with van der Waals surface area (Å²) in [5.74, 6) is 0.637. The van der Waals surface area contributed by atoms with Gasteiger partial charge in [-0.15, -0.1) is 0 Å². The molecule has 1 aromatic heterocycles. The molecule has 2 rings (SSSR count). The van der Waals surface area contributed by atoms with Crippen molar-refractivity contribution in [1.82, 2.24) is 15.1 Å². The molecule has 0 radical (unpaired) electrons. The maximum Gasteiger partial charge on any atom is 0.0670 e. The molecule has 1 N–H and O–H groups in total. The van der Waals surface area contributed by atoms with Crippen molar-refractivity contribution in [3.05, 3.63) is 18.0 Å². The highest BCUT2D eigenvalue weighted by Gasteiger charge is 2.29. The minimum Gasteiger partial charge on any atom is -0.313 e. The molecule has 1 aromatic rings. The molecular weight excluding hydrogens is 186 g/mol. The maximum absolute atomic E-state index is 4.53. The van der Waals surface area contributed by atoms with Crippen molar-refractivity contribution < 1.29 is 0 Å². The van der Waals surface area contributed by atoms with Gasteiger partial charge in [0, 0.05) is 25.2 Å². The van der Waals surface area contributed by atoms with Crippen molar-refractivity contribution >= 4 is 0 Å². The van der Waals surface area contributed by atoms with Crippen molar-refractivity contribution in [3.8, 4) is 0 Å². The van der Waals surface area contributed by atoms with Crippen LogP contribution in [0.3, 0.4) is 0 Å². The minimum atomic E-state index is 0.637. The second-order valence-electron chi connectivity index (χ2n) is 4.51. The summed E-state index contributed by atoms with van der Waals surface area (Å²) in [6.45, 7) is 3.35. The standard InChI is InChI=1S/C12H21N3/c1-3-8-13-11-6-4-5-10(11)12-7-9-15(2)14-12/h7,9-11,13H,3-6,8H2,1-2H3. The van der Waals surface area contributed by atoms with Crippen LogP contribution in [0, 0.1) is 0 Å². The molecule has 3 nitrogen and oxygen atoms in total. The molecule has 0 saturated heterocycles. The van der Waals surface area contributed by atoms with Gasteiger partial charge in [0.1, 0.15) is 0 Å². The van der Waals surface area contributed by atoms with E-state index in [4.69, 9.17) is 0 Å². The third-order valence-electron chi connectivity index (χ3n) is 3.29. The lowest BCUT2D eigenvalue weighted by Crippen LogP contribution is -2.32. The summed E-state index contributed by atoms with van der Waals surface area (Å²) < 4.78 is 1.91. The second kappa shape index (κ2) is 4.79. The number of hydrogen-bond donors (Lipinski definition) is 1. The Morgan fingerprint density at radius 1 is 1.53 bits per heavy atom. The van der Waals surface area contributed by atoms with E-state index in [1.807, 2.05) is 17.9 Å². The van der Waals surface area contributed by atoms with Crippen molar-refractivity contribution in [3.63, 3.8) is 0 Å².